The summed E-state index contributed by atoms with van der Waals surface area (Å²) >= 11 is 0.909. The van der Waals surface area contributed by atoms with Crippen LogP contribution in [0.15, 0.2) is 45.7 Å². The number of rotatable bonds is 3. The smallest absolute Gasteiger partial charge is 0.193 e. The molecule has 2 aromatic rings. The molecule has 0 radical (unpaired) electrons. The quantitative estimate of drug-likeness (QED) is 0.296. The summed E-state index contributed by atoms with van der Waals surface area (Å²) in [5.74, 6) is -1.54. The predicted octanol–water partition coefficient (Wildman–Crippen LogP) is 2.00. The van der Waals surface area contributed by atoms with E-state index >= 15 is 0 Å². The average molecular weight is 282 g/mol. The molecule has 0 saturated heterocycles. The van der Waals surface area contributed by atoms with E-state index in [9.17, 15) is 8.78 Å². The van der Waals surface area contributed by atoms with Gasteiger partial charge in [-0.25, -0.2) is 18.7 Å². The molecule has 0 saturated carbocycles. The van der Waals surface area contributed by atoms with Gasteiger partial charge in [0.1, 0.15) is 17.3 Å². The van der Waals surface area contributed by atoms with Crippen molar-refractivity contribution in [3.05, 3.63) is 47.8 Å². The van der Waals surface area contributed by atoms with Gasteiger partial charge in [-0.2, -0.15) is 0 Å². The lowest BCUT2D eigenvalue weighted by Gasteiger charge is -2.03. The van der Waals surface area contributed by atoms with E-state index in [1.807, 2.05) is 0 Å². The van der Waals surface area contributed by atoms with Crippen molar-refractivity contribution in [1.29, 1.82) is 0 Å². The number of aromatic nitrogens is 2. The number of nitrogens with zero attached hydrogens (tertiary/aromatic N) is 3. The molecule has 0 bridgehead atoms. The van der Waals surface area contributed by atoms with Gasteiger partial charge in [0.05, 0.1) is 4.90 Å². The first-order valence-corrected chi connectivity index (χ1v) is 5.85. The molecule has 3 N–H and O–H groups in total. The van der Waals surface area contributed by atoms with Gasteiger partial charge in [0, 0.05) is 12.3 Å². The first-order chi connectivity index (χ1) is 9.10. The average Bonchev–Trinajstić information content (AvgIpc) is 2.41. The molecule has 8 heteroatoms. The van der Waals surface area contributed by atoms with E-state index in [1.54, 1.807) is 0 Å². The predicted molar refractivity (Wildman–Crippen MR) is 65.0 cm³/mol. The molecule has 2 rings (SSSR count). The molecule has 0 aliphatic heterocycles. The van der Waals surface area contributed by atoms with Crippen LogP contribution in [-0.2, 0) is 0 Å². The van der Waals surface area contributed by atoms with E-state index in [1.165, 1.54) is 18.3 Å². The van der Waals surface area contributed by atoms with Gasteiger partial charge in [-0.05, 0) is 30.0 Å². The normalized spacial score (nSPS) is 11.6. The summed E-state index contributed by atoms with van der Waals surface area (Å²) < 4.78 is 26.2. The van der Waals surface area contributed by atoms with Crippen LogP contribution in [0, 0.1) is 11.6 Å². The van der Waals surface area contributed by atoms with Crippen LogP contribution >= 0.6 is 11.8 Å². The van der Waals surface area contributed by atoms with Gasteiger partial charge in [-0.3, -0.25) is 0 Å². The van der Waals surface area contributed by atoms with Crippen molar-refractivity contribution < 1.29 is 14.0 Å². The Morgan fingerprint density at radius 3 is 2.79 bits per heavy atom. The molecule has 0 spiro atoms. The van der Waals surface area contributed by atoms with E-state index in [0.717, 1.165) is 23.9 Å². The van der Waals surface area contributed by atoms with Gasteiger partial charge in [0.25, 0.3) is 0 Å². The Balaban J connectivity index is 2.28. The molecule has 0 unspecified atom stereocenters. The monoisotopic (exact) mass is 282 g/mol. The molecule has 1 heterocycles. The van der Waals surface area contributed by atoms with Crippen molar-refractivity contribution in [2.75, 3.05) is 0 Å². The van der Waals surface area contributed by atoms with Crippen LogP contribution < -0.4 is 5.73 Å². The minimum absolute atomic E-state index is 0.177. The molecular formula is C11H8F2N4OS. The van der Waals surface area contributed by atoms with E-state index in [2.05, 4.69) is 15.1 Å². The molecule has 0 atom stereocenters. The molecule has 1 aromatic carbocycles. The summed E-state index contributed by atoms with van der Waals surface area (Å²) in [5, 5.41) is 11.5. The Kier molecular flexibility index (Phi) is 3.91. The fraction of sp³-hybridized carbons (Fsp3) is 0. The number of halogens is 2. The third-order valence-corrected chi connectivity index (χ3v) is 3.03. The second kappa shape index (κ2) is 5.61. The van der Waals surface area contributed by atoms with Gasteiger partial charge in [0.2, 0.25) is 0 Å². The highest BCUT2D eigenvalue weighted by Gasteiger charge is 2.09. The molecule has 0 aliphatic carbocycles. The summed E-state index contributed by atoms with van der Waals surface area (Å²) in [7, 11) is 0. The standard InChI is InChI=1S/C11H8F2N4OS/c12-6-1-2-9(7(13)5-6)19-11-15-4-3-8(16-11)10(14)17-18/h1-5,18H,(H2,14,17). The molecule has 0 amide bonds. The second-order valence-electron chi connectivity index (χ2n) is 3.39. The highest BCUT2D eigenvalue weighted by Crippen LogP contribution is 2.27. The van der Waals surface area contributed by atoms with E-state index in [4.69, 9.17) is 10.9 Å². The van der Waals surface area contributed by atoms with Gasteiger partial charge in [0.15, 0.2) is 11.0 Å². The van der Waals surface area contributed by atoms with E-state index < -0.39 is 11.6 Å². The minimum Gasteiger partial charge on any atom is -0.409 e. The van der Waals surface area contributed by atoms with Crippen LogP contribution in [0.1, 0.15) is 5.69 Å². The largest absolute Gasteiger partial charge is 0.409 e. The highest BCUT2D eigenvalue weighted by molar-refractivity contribution is 7.99. The topological polar surface area (TPSA) is 84.4 Å². The van der Waals surface area contributed by atoms with Crippen molar-refractivity contribution in [3.8, 4) is 0 Å². The summed E-state index contributed by atoms with van der Waals surface area (Å²) in [4.78, 5) is 8.07. The Labute approximate surface area is 111 Å². The van der Waals surface area contributed by atoms with Crippen molar-refractivity contribution in [2.24, 2.45) is 10.9 Å². The third kappa shape index (κ3) is 3.16. The first kappa shape index (κ1) is 13.2. The van der Waals surface area contributed by atoms with Gasteiger partial charge in [-0.1, -0.05) is 5.16 Å². The van der Waals surface area contributed by atoms with Gasteiger partial charge < -0.3 is 10.9 Å². The fourth-order valence-corrected chi connectivity index (χ4v) is 1.99. The lowest BCUT2D eigenvalue weighted by Crippen LogP contribution is -2.15. The maximum atomic E-state index is 13.5. The molecule has 0 fully saturated rings. The summed E-state index contributed by atoms with van der Waals surface area (Å²) in [6, 6.07) is 4.64. The van der Waals surface area contributed by atoms with E-state index in [0.29, 0.717) is 0 Å². The molecule has 5 nitrogen and oxygen atoms in total. The zero-order valence-corrected chi connectivity index (χ0v) is 10.2. The first-order valence-electron chi connectivity index (χ1n) is 5.04. The van der Waals surface area contributed by atoms with Crippen LogP contribution in [0.25, 0.3) is 0 Å². The molecular weight excluding hydrogens is 274 g/mol. The molecule has 1 aromatic heterocycles. The Bertz CT molecular complexity index is 636. The second-order valence-corrected chi connectivity index (χ2v) is 4.40. The summed E-state index contributed by atoms with van der Waals surface area (Å²) in [6.07, 6.45) is 1.39. The SMILES string of the molecule is N/C(=N/O)c1ccnc(Sc2ccc(F)cc2F)n1. The highest BCUT2D eigenvalue weighted by atomic mass is 32.2. The third-order valence-electron chi connectivity index (χ3n) is 2.10. The molecule has 19 heavy (non-hydrogen) atoms. The maximum absolute atomic E-state index is 13.5. The number of amidine groups is 1. The van der Waals surface area contributed by atoms with Crippen LogP contribution in [0.3, 0.4) is 0 Å². The van der Waals surface area contributed by atoms with Crippen LogP contribution in [0.4, 0.5) is 8.78 Å². The van der Waals surface area contributed by atoms with E-state index in [-0.39, 0.29) is 21.6 Å². The van der Waals surface area contributed by atoms with Gasteiger partial charge in [-0.15, -0.1) is 0 Å². The summed E-state index contributed by atoms with van der Waals surface area (Å²) in [5.41, 5.74) is 5.59. The van der Waals surface area contributed by atoms with Gasteiger partial charge >= 0.3 is 0 Å². The Hall–Kier alpha value is -2.22. The van der Waals surface area contributed by atoms with Crippen molar-refractivity contribution in [3.63, 3.8) is 0 Å². The maximum Gasteiger partial charge on any atom is 0.193 e. The Morgan fingerprint density at radius 2 is 2.11 bits per heavy atom. The van der Waals surface area contributed by atoms with Crippen LogP contribution in [-0.4, -0.2) is 21.0 Å². The van der Waals surface area contributed by atoms with Crippen LogP contribution in [0.5, 0.6) is 0 Å². The lowest BCUT2D eigenvalue weighted by atomic mass is 10.3. The zero-order chi connectivity index (χ0) is 13.8. The lowest BCUT2D eigenvalue weighted by molar-refractivity contribution is 0.318. The van der Waals surface area contributed by atoms with Crippen LogP contribution in [0.2, 0.25) is 0 Å². The number of nitrogens with two attached hydrogens (primary N) is 1. The Morgan fingerprint density at radius 1 is 1.32 bits per heavy atom. The van der Waals surface area contributed by atoms with Crippen molar-refractivity contribution in [1.82, 2.24) is 9.97 Å². The number of hydrogen-bond acceptors (Lipinski definition) is 5. The number of hydrogen-bond donors (Lipinski definition) is 2. The summed E-state index contributed by atoms with van der Waals surface area (Å²) in [6.45, 7) is 0. The molecule has 98 valence electrons. The fourth-order valence-electron chi connectivity index (χ4n) is 1.24. The van der Waals surface area contributed by atoms with Crippen molar-refractivity contribution in [2.45, 2.75) is 10.1 Å². The molecule has 0 aliphatic rings. The number of benzene rings is 1. The zero-order valence-electron chi connectivity index (χ0n) is 9.42. The van der Waals surface area contributed by atoms with Crippen molar-refractivity contribution >= 4 is 17.6 Å². The number of oxime groups is 1. The minimum atomic E-state index is -0.706.